The molecule has 1 aromatic rings. The van der Waals surface area contributed by atoms with E-state index in [4.69, 9.17) is 0 Å². The Morgan fingerprint density at radius 1 is 1.42 bits per heavy atom. The largest absolute Gasteiger partial charge is 0.343 e. The highest BCUT2D eigenvalue weighted by molar-refractivity contribution is 7.99. The van der Waals surface area contributed by atoms with Crippen LogP contribution < -0.4 is 11.0 Å². The number of thioether (sulfide) groups is 1. The number of aromatic nitrogens is 3. The van der Waals surface area contributed by atoms with Crippen molar-refractivity contribution in [3.63, 3.8) is 0 Å². The maximum atomic E-state index is 11.5. The van der Waals surface area contributed by atoms with E-state index < -0.39 is 0 Å². The van der Waals surface area contributed by atoms with Crippen molar-refractivity contribution >= 4 is 11.8 Å². The van der Waals surface area contributed by atoms with Crippen LogP contribution in [0.5, 0.6) is 0 Å². The van der Waals surface area contributed by atoms with Crippen molar-refractivity contribution in [1.29, 1.82) is 0 Å². The van der Waals surface area contributed by atoms with Gasteiger partial charge in [0.2, 0.25) is 0 Å². The Balaban J connectivity index is 2.27. The molecule has 0 aromatic carbocycles. The fraction of sp³-hybridized carbons (Fsp3) is 0.846. The van der Waals surface area contributed by atoms with Gasteiger partial charge in [-0.2, -0.15) is 0 Å². The topological polar surface area (TPSA) is 62.7 Å². The molecule has 1 atom stereocenters. The molecular weight excluding hydrogens is 260 g/mol. The Morgan fingerprint density at radius 3 is 2.89 bits per heavy atom. The summed E-state index contributed by atoms with van der Waals surface area (Å²) in [5, 5.41) is 10.9. The Morgan fingerprint density at radius 2 is 2.21 bits per heavy atom. The molecular formula is C13H26N4OS. The summed E-state index contributed by atoms with van der Waals surface area (Å²) in [5.41, 5.74) is -0.0951. The summed E-state index contributed by atoms with van der Waals surface area (Å²) in [7, 11) is 0. The molecule has 1 rings (SSSR count). The van der Waals surface area contributed by atoms with Gasteiger partial charge in [-0.3, -0.25) is 4.57 Å². The predicted octanol–water partition coefficient (Wildman–Crippen LogP) is 2.24. The summed E-state index contributed by atoms with van der Waals surface area (Å²) < 4.78 is 1.73. The zero-order chi connectivity index (χ0) is 14.1. The van der Waals surface area contributed by atoms with Crippen molar-refractivity contribution in [1.82, 2.24) is 20.1 Å². The highest BCUT2D eigenvalue weighted by Crippen LogP contribution is 2.15. The van der Waals surface area contributed by atoms with Crippen molar-refractivity contribution < 1.29 is 0 Å². The lowest BCUT2D eigenvalue weighted by Crippen LogP contribution is -2.26. The smallest absolute Gasteiger partial charge is 0.314 e. The molecule has 1 aromatic heterocycles. The number of hydrogen-bond donors (Lipinski definition) is 2. The highest BCUT2D eigenvalue weighted by Gasteiger charge is 2.08. The van der Waals surface area contributed by atoms with E-state index in [1.807, 2.05) is 0 Å². The lowest BCUT2D eigenvalue weighted by atomic mass is 10.2. The molecule has 5 nitrogen and oxygen atoms in total. The van der Waals surface area contributed by atoms with Crippen LogP contribution in [-0.4, -0.2) is 33.1 Å². The molecule has 0 saturated heterocycles. The summed E-state index contributed by atoms with van der Waals surface area (Å²) in [6, 6.07) is 0.567. The van der Waals surface area contributed by atoms with E-state index in [2.05, 4.69) is 36.3 Å². The van der Waals surface area contributed by atoms with E-state index >= 15 is 0 Å². The Bertz CT molecular complexity index is 402. The predicted molar refractivity (Wildman–Crippen MR) is 80.9 cm³/mol. The maximum Gasteiger partial charge on any atom is 0.343 e. The highest BCUT2D eigenvalue weighted by atomic mass is 32.2. The molecule has 1 unspecified atom stereocenters. The molecule has 0 spiro atoms. The molecule has 2 N–H and O–H groups in total. The van der Waals surface area contributed by atoms with Crippen LogP contribution in [0.1, 0.15) is 46.5 Å². The van der Waals surface area contributed by atoms with Gasteiger partial charge in [0.1, 0.15) is 0 Å². The van der Waals surface area contributed by atoms with E-state index in [1.54, 1.807) is 16.3 Å². The van der Waals surface area contributed by atoms with Crippen LogP contribution in [0.4, 0.5) is 0 Å². The van der Waals surface area contributed by atoms with E-state index in [0.717, 1.165) is 43.3 Å². The number of nitrogens with zero attached hydrogens (tertiary/aromatic N) is 2. The fourth-order valence-electron chi connectivity index (χ4n) is 1.88. The molecule has 0 saturated carbocycles. The first kappa shape index (κ1) is 16.3. The van der Waals surface area contributed by atoms with Crippen LogP contribution in [0.2, 0.25) is 0 Å². The average Bonchev–Trinajstić information content (AvgIpc) is 2.74. The molecule has 0 bridgehead atoms. The molecule has 1 heterocycles. The number of nitrogens with one attached hydrogen (secondary N) is 2. The van der Waals surface area contributed by atoms with Gasteiger partial charge in [0.25, 0.3) is 0 Å². The summed E-state index contributed by atoms with van der Waals surface area (Å²) >= 11 is 1.67. The average molecular weight is 286 g/mol. The minimum absolute atomic E-state index is 0.0951. The van der Waals surface area contributed by atoms with E-state index in [-0.39, 0.29) is 5.69 Å². The first-order valence-electron chi connectivity index (χ1n) is 7.20. The monoisotopic (exact) mass is 286 g/mol. The summed E-state index contributed by atoms with van der Waals surface area (Å²) in [6.45, 7) is 8.30. The molecule has 0 fully saturated rings. The molecule has 0 aliphatic rings. The standard InChI is InChI=1S/C13H26N4OS/c1-4-8-14-11(3)7-6-10-19-13-16-15-12(18)17(13)9-5-2/h11,14H,4-10H2,1-3H3,(H,15,18). The second-order valence-corrected chi connectivity index (χ2v) is 5.87. The third kappa shape index (κ3) is 5.82. The molecule has 0 aliphatic carbocycles. The number of H-pyrrole nitrogens is 1. The van der Waals surface area contributed by atoms with Crippen molar-refractivity contribution in [2.75, 3.05) is 12.3 Å². The van der Waals surface area contributed by atoms with Crippen LogP contribution >= 0.6 is 11.8 Å². The van der Waals surface area contributed by atoms with Gasteiger partial charge in [0, 0.05) is 18.3 Å². The molecule has 0 radical (unpaired) electrons. The number of hydrogen-bond acceptors (Lipinski definition) is 4. The Labute approximate surface area is 119 Å². The third-order valence-electron chi connectivity index (χ3n) is 2.93. The van der Waals surface area contributed by atoms with Crippen LogP contribution in [0.25, 0.3) is 0 Å². The van der Waals surface area contributed by atoms with Crippen LogP contribution in [0, 0.1) is 0 Å². The first-order chi connectivity index (χ1) is 9.19. The fourth-order valence-corrected chi connectivity index (χ4v) is 2.81. The first-order valence-corrected chi connectivity index (χ1v) is 8.19. The quantitative estimate of drug-likeness (QED) is 0.511. The SMILES string of the molecule is CCCNC(C)CCCSc1n[nH]c(=O)n1CCC. The zero-order valence-corrected chi connectivity index (χ0v) is 13.1. The van der Waals surface area contributed by atoms with Gasteiger partial charge in [-0.05, 0) is 39.2 Å². The van der Waals surface area contributed by atoms with Gasteiger partial charge in [0.05, 0.1) is 0 Å². The minimum Gasteiger partial charge on any atom is -0.314 e. The second kappa shape index (κ2) is 9.20. The Kier molecular flexibility index (Phi) is 7.90. The van der Waals surface area contributed by atoms with E-state index in [1.165, 1.54) is 6.42 Å². The third-order valence-corrected chi connectivity index (χ3v) is 3.99. The van der Waals surface area contributed by atoms with Gasteiger partial charge in [-0.25, -0.2) is 9.89 Å². The molecule has 0 amide bonds. The van der Waals surface area contributed by atoms with Gasteiger partial charge in [-0.1, -0.05) is 25.6 Å². The second-order valence-electron chi connectivity index (χ2n) is 4.81. The summed E-state index contributed by atoms with van der Waals surface area (Å²) in [4.78, 5) is 11.5. The van der Waals surface area contributed by atoms with Crippen molar-refractivity contribution in [3.8, 4) is 0 Å². The molecule has 6 heteroatoms. The van der Waals surface area contributed by atoms with Crippen LogP contribution in [0.3, 0.4) is 0 Å². The van der Waals surface area contributed by atoms with E-state index in [9.17, 15) is 4.79 Å². The lowest BCUT2D eigenvalue weighted by molar-refractivity contribution is 0.509. The lowest BCUT2D eigenvalue weighted by Gasteiger charge is -2.12. The minimum atomic E-state index is -0.0951. The van der Waals surface area contributed by atoms with Crippen molar-refractivity contribution in [2.45, 2.75) is 64.2 Å². The summed E-state index contributed by atoms with van der Waals surface area (Å²) in [5.74, 6) is 1.01. The number of rotatable bonds is 10. The maximum absolute atomic E-state index is 11.5. The molecule has 0 aliphatic heterocycles. The molecule has 110 valence electrons. The van der Waals surface area contributed by atoms with Crippen molar-refractivity contribution in [2.24, 2.45) is 0 Å². The van der Waals surface area contributed by atoms with E-state index in [0.29, 0.717) is 6.04 Å². The normalized spacial score (nSPS) is 12.8. The number of aromatic amines is 1. The molecule has 19 heavy (non-hydrogen) atoms. The van der Waals surface area contributed by atoms with Gasteiger partial charge >= 0.3 is 5.69 Å². The zero-order valence-electron chi connectivity index (χ0n) is 12.2. The van der Waals surface area contributed by atoms with Crippen LogP contribution in [-0.2, 0) is 6.54 Å². The van der Waals surface area contributed by atoms with Gasteiger partial charge < -0.3 is 5.32 Å². The van der Waals surface area contributed by atoms with Gasteiger partial charge in [-0.15, -0.1) is 5.10 Å². The van der Waals surface area contributed by atoms with Gasteiger partial charge in [0.15, 0.2) is 5.16 Å². The van der Waals surface area contributed by atoms with Crippen molar-refractivity contribution in [3.05, 3.63) is 10.5 Å². The Hall–Kier alpha value is -0.750. The summed E-state index contributed by atoms with van der Waals surface area (Å²) in [6.07, 6.45) is 4.42. The van der Waals surface area contributed by atoms with Crippen LogP contribution in [0.15, 0.2) is 9.95 Å².